The Kier molecular flexibility index (Phi) is 11.8. The lowest BCUT2D eigenvalue weighted by Gasteiger charge is -2.17. The Morgan fingerprint density at radius 2 is 0.963 bits per heavy atom. The highest BCUT2D eigenvalue weighted by molar-refractivity contribution is 9.14. The molecule has 2 atom stereocenters. The Hall–Kier alpha value is 3.33. The van der Waals surface area contributed by atoms with E-state index in [2.05, 4.69) is 153 Å². The summed E-state index contributed by atoms with van der Waals surface area (Å²) in [5.41, 5.74) is 0. The van der Waals surface area contributed by atoms with E-state index in [0.717, 1.165) is 36.6 Å². The largest absolute Gasteiger partial charge is 0.110 e. The minimum Gasteiger partial charge on any atom is -0.110 e. The molecule has 0 aromatic heterocycles. The number of benzene rings is 2. The maximum Gasteiger partial charge on any atom is 0.0619 e. The van der Waals surface area contributed by atoms with Crippen molar-refractivity contribution < 1.29 is 0 Å². The molecule has 0 nitrogen and oxygen atoms in total. The number of thioether (sulfide) groups is 2. The smallest absolute Gasteiger partial charge is 0.0619 e. The van der Waals surface area contributed by atoms with Gasteiger partial charge in [-0.3, -0.25) is 0 Å². The zero-order valence-corrected chi connectivity index (χ0v) is 28.7. The molecule has 0 aliphatic heterocycles. The summed E-state index contributed by atoms with van der Waals surface area (Å²) in [5, 5.41) is 0. The van der Waals surface area contributed by atoms with E-state index in [1.54, 1.807) is 35.3 Å². The molecule has 11 heteroatoms. The van der Waals surface area contributed by atoms with E-state index in [-0.39, 0.29) is 0 Å². The lowest BCUT2D eigenvalue weighted by molar-refractivity contribution is 1.20. The number of halogens is 8. The predicted octanol–water partition coefficient (Wildman–Crippen LogP) is 12.1. The molecule has 2 aromatic carbocycles. The van der Waals surface area contributed by atoms with Crippen LogP contribution in [0.4, 0.5) is 0 Å². The van der Waals surface area contributed by atoms with Gasteiger partial charge in [0.2, 0.25) is 0 Å². The molecular formula is C16H10Br8S3. The highest BCUT2D eigenvalue weighted by Crippen LogP contribution is 2.52. The van der Waals surface area contributed by atoms with E-state index in [1.807, 2.05) is 0 Å². The van der Waals surface area contributed by atoms with Gasteiger partial charge in [-0.05, 0) is 122 Å². The topological polar surface area (TPSA) is 0 Å². The van der Waals surface area contributed by atoms with E-state index in [9.17, 15) is 0 Å². The van der Waals surface area contributed by atoms with Crippen LogP contribution in [0, 0.1) is 0 Å². The van der Waals surface area contributed by atoms with Gasteiger partial charge < -0.3 is 0 Å². The van der Waals surface area contributed by atoms with Crippen LogP contribution in [0.1, 0.15) is 13.8 Å². The molecule has 0 bridgehead atoms. The first-order chi connectivity index (χ1) is 12.5. The van der Waals surface area contributed by atoms with Crippen LogP contribution in [0.5, 0.6) is 0 Å². The second-order valence-corrected chi connectivity index (χ2v) is 17.7. The van der Waals surface area contributed by atoms with Gasteiger partial charge in [0.1, 0.15) is 0 Å². The molecule has 148 valence electrons. The number of hydrogen-bond acceptors (Lipinski definition) is 3. The van der Waals surface area contributed by atoms with Crippen molar-refractivity contribution in [3.63, 3.8) is 0 Å². The van der Waals surface area contributed by atoms with E-state index in [0.29, 0.717) is 8.32 Å². The molecule has 0 radical (unpaired) electrons. The summed E-state index contributed by atoms with van der Waals surface area (Å²) < 4.78 is 6.90. The van der Waals surface area contributed by atoms with Crippen molar-refractivity contribution >= 4 is 163 Å². The Bertz CT molecular complexity index is 785. The van der Waals surface area contributed by atoms with E-state index in [4.69, 9.17) is 0 Å². The average molecular weight is 938 g/mol. The van der Waals surface area contributed by atoms with Gasteiger partial charge in [0, 0.05) is 46.4 Å². The van der Waals surface area contributed by atoms with Crippen molar-refractivity contribution in [3.05, 3.63) is 39.0 Å². The van der Waals surface area contributed by atoms with Crippen LogP contribution in [-0.2, 0) is 0 Å². The fourth-order valence-electron chi connectivity index (χ4n) is 1.92. The summed E-state index contributed by atoms with van der Waals surface area (Å²) >= 11 is 34.9. The average Bonchev–Trinajstić information content (AvgIpc) is 2.55. The predicted molar refractivity (Wildman–Crippen MR) is 152 cm³/mol. The van der Waals surface area contributed by atoms with Gasteiger partial charge in [-0.2, -0.15) is 0 Å². The maximum absolute atomic E-state index is 3.77. The first-order valence-electron chi connectivity index (χ1n) is 7.17. The van der Waals surface area contributed by atoms with Crippen LogP contribution < -0.4 is 0 Å². The summed E-state index contributed by atoms with van der Waals surface area (Å²) in [5.74, 6) is 0. The Labute approximate surface area is 239 Å². The lowest BCUT2D eigenvalue weighted by Crippen LogP contribution is -1.91. The second kappa shape index (κ2) is 12.0. The van der Waals surface area contributed by atoms with Gasteiger partial charge in [0.15, 0.2) is 0 Å². The molecule has 0 heterocycles. The summed E-state index contributed by atoms with van der Waals surface area (Å²) in [6, 6.07) is 4.29. The van der Waals surface area contributed by atoms with Crippen LogP contribution in [0.3, 0.4) is 0 Å². The summed E-state index contributed by atoms with van der Waals surface area (Å²) in [4.78, 5) is 4.55. The fourth-order valence-corrected chi connectivity index (χ4v) is 10.7. The summed E-state index contributed by atoms with van der Waals surface area (Å²) in [6.07, 6.45) is 0. The monoisotopic (exact) mass is 929 g/mol. The van der Waals surface area contributed by atoms with Crippen LogP contribution in [0.2, 0.25) is 0 Å². The van der Waals surface area contributed by atoms with Crippen molar-refractivity contribution in [2.24, 2.45) is 0 Å². The minimum atomic E-state index is 0.326. The SMILES string of the molecule is CC(Br)Sc1cc(Br)c(Sc2c(Br)cc(SC(C)Br)c(Br)c2Br)c(Br)c1Br. The van der Waals surface area contributed by atoms with E-state index in [1.165, 1.54) is 9.79 Å². The van der Waals surface area contributed by atoms with Crippen molar-refractivity contribution in [2.75, 3.05) is 0 Å². The van der Waals surface area contributed by atoms with E-state index < -0.39 is 0 Å². The second-order valence-electron chi connectivity index (χ2n) is 5.05. The van der Waals surface area contributed by atoms with Crippen LogP contribution >= 0.6 is 163 Å². The third-order valence-corrected chi connectivity index (χ3v) is 14.3. The standard InChI is InChI=1S/C16H10Br8S3/c1-5(17)25-9-3-7(19)15(13(23)11(9)21)27-16-8(20)4-10(26-6(2)18)12(22)14(16)24/h3-6H,1-2H3. The summed E-state index contributed by atoms with van der Waals surface area (Å²) in [6.45, 7) is 4.22. The first-order valence-corrected chi connectivity index (χ1v) is 16.3. The molecule has 2 aromatic rings. The van der Waals surface area contributed by atoms with Gasteiger partial charge in [-0.1, -0.05) is 43.6 Å². The fraction of sp³-hybridized carbons (Fsp3) is 0.250. The quantitative estimate of drug-likeness (QED) is 0.161. The Morgan fingerprint density at radius 1 is 0.630 bits per heavy atom. The molecule has 0 N–H and O–H groups in total. The third kappa shape index (κ3) is 7.16. The van der Waals surface area contributed by atoms with Gasteiger partial charge >= 0.3 is 0 Å². The zero-order chi connectivity index (χ0) is 20.5. The molecule has 0 fully saturated rings. The number of rotatable bonds is 6. The molecular weight excluding hydrogens is 928 g/mol. The van der Waals surface area contributed by atoms with Gasteiger partial charge in [0.25, 0.3) is 0 Å². The maximum atomic E-state index is 3.77. The number of hydrogen-bond donors (Lipinski definition) is 0. The van der Waals surface area contributed by atoms with Gasteiger partial charge in [-0.15, -0.1) is 23.5 Å². The van der Waals surface area contributed by atoms with Crippen molar-refractivity contribution in [2.45, 2.75) is 41.7 Å². The van der Waals surface area contributed by atoms with Crippen LogP contribution in [0.25, 0.3) is 0 Å². The molecule has 0 aliphatic rings. The molecule has 0 saturated heterocycles. The molecule has 0 saturated carbocycles. The highest BCUT2D eigenvalue weighted by Gasteiger charge is 2.21. The Morgan fingerprint density at radius 3 is 1.26 bits per heavy atom. The molecule has 0 aliphatic carbocycles. The zero-order valence-electron chi connectivity index (χ0n) is 13.6. The summed E-state index contributed by atoms with van der Waals surface area (Å²) in [7, 11) is 0. The van der Waals surface area contributed by atoms with Crippen LogP contribution in [0.15, 0.2) is 58.6 Å². The molecule has 2 unspecified atom stereocenters. The molecule has 0 spiro atoms. The van der Waals surface area contributed by atoms with Crippen molar-refractivity contribution in [1.82, 2.24) is 0 Å². The van der Waals surface area contributed by atoms with Crippen molar-refractivity contribution in [1.29, 1.82) is 0 Å². The highest BCUT2D eigenvalue weighted by atomic mass is 79.9. The lowest BCUT2D eigenvalue weighted by atomic mass is 10.3. The molecule has 2 rings (SSSR count). The number of alkyl halides is 2. The van der Waals surface area contributed by atoms with Crippen LogP contribution in [-0.4, -0.2) is 8.32 Å². The van der Waals surface area contributed by atoms with E-state index >= 15 is 0 Å². The van der Waals surface area contributed by atoms with Crippen molar-refractivity contribution in [3.8, 4) is 0 Å². The molecule has 27 heavy (non-hydrogen) atoms. The first kappa shape index (κ1) is 26.6. The third-order valence-electron chi connectivity index (χ3n) is 2.95. The van der Waals surface area contributed by atoms with Gasteiger partial charge in [-0.25, -0.2) is 0 Å². The van der Waals surface area contributed by atoms with Gasteiger partial charge in [0.05, 0.1) is 8.32 Å². The minimum absolute atomic E-state index is 0.326. The Balaban J connectivity index is 2.49. The molecule has 0 amide bonds. The normalized spacial score (nSPS) is 13.7.